The third-order valence-electron chi connectivity index (χ3n) is 2.83. The van der Waals surface area contributed by atoms with Gasteiger partial charge in [0, 0.05) is 24.2 Å². The molecule has 0 spiro atoms. The summed E-state index contributed by atoms with van der Waals surface area (Å²) < 4.78 is 24.5. The fourth-order valence-corrected chi connectivity index (χ4v) is 3.60. The van der Waals surface area contributed by atoms with Gasteiger partial charge in [0.05, 0.1) is 21.1 Å². The molecule has 15 heavy (non-hydrogen) atoms. The summed E-state index contributed by atoms with van der Waals surface area (Å²) in [5.74, 6) is 0. The third-order valence-corrected chi connectivity index (χ3v) is 6.06. The summed E-state index contributed by atoms with van der Waals surface area (Å²) in [6.45, 7) is 0. The van der Waals surface area contributed by atoms with Crippen LogP contribution >= 0.6 is 26.6 Å². The molecule has 2 rings (SSSR count). The Balaban J connectivity index is 2.31. The van der Waals surface area contributed by atoms with Crippen LogP contribution in [0.1, 0.15) is 18.5 Å². The standard InChI is InChI=1S/C8H10BrClN2O2S/c1-12-7(6(9)5-11-12)4-8(2-3-8)15(10,13)14/h5H,2-4H2,1H3. The van der Waals surface area contributed by atoms with Crippen LogP contribution < -0.4 is 0 Å². The van der Waals surface area contributed by atoms with Gasteiger partial charge in [0.25, 0.3) is 0 Å². The van der Waals surface area contributed by atoms with E-state index in [1.807, 2.05) is 0 Å². The highest BCUT2D eigenvalue weighted by Gasteiger charge is 2.54. The van der Waals surface area contributed by atoms with Crippen LogP contribution in [-0.4, -0.2) is 22.9 Å². The summed E-state index contributed by atoms with van der Waals surface area (Å²) in [6.07, 6.45) is 3.36. The molecule has 7 heteroatoms. The second-order valence-electron chi connectivity index (χ2n) is 3.86. The van der Waals surface area contributed by atoms with Crippen LogP contribution in [0.5, 0.6) is 0 Å². The van der Waals surface area contributed by atoms with Crippen molar-refractivity contribution in [3.63, 3.8) is 0 Å². The minimum atomic E-state index is -3.49. The molecule has 0 amide bonds. The smallest absolute Gasteiger partial charge is 0.238 e. The lowest BCUT2D eigenvalue weighted by molar-refractivity contribution is 0.584. The lowest BCUT2D eigenvalue weighted by Crippen LogP contribution is -2.22. The van der Waals surface area contributed by atoms with Crippen molar-refractivity contribution in [3.05, 3.63) is 16.4 Å². The molecule has 84 valence electrons. The zero-order valence-electron chi connectivity index (χ0n) is 8.07. The van der Waals surface area contributed by atoms with Crippen molar-refractivity contribution in [2.45, 2.75) is 24.0 Å². The van der Waals surface area contributed by atoms with Crippen LogP contribution in [0.25, 0.3) is 0 Å². The average molecular weight is 314 g/mol. The molecule has 0 bridgehead atoms. The number of halogens is 2. The highest BCUT2D eigenvalue weighted by Crippen LogP contribution is 2.48. The van der Waals surface area contributed by atoms with Crippen molar-refractivity contribution < 1.29 is 8.42 Å². The molecule has 0 radical (unpaired) electrons. The largest absolute Gasteiger partial charge is 0.271 e. The zero-order valence-corrected chi connectivity index (χ0v) is 11.2. The molecule has 1 saturated carbocycles. The number of hydrogen-bond acceptors (Lipinski definition) is 3. The first-order valence-electron chi connectivity index (χ1n) is 4.46. The second kappa shape index (κ2) is 3.46. The number of nitrogens with zero attached hydrogens (tertiary/aromatic N) is 2. The van der Waals surface area contributed by atoms with E-state index >= 15 is 0 Å². The van der Waals surface area contributed by atoms with E-state index in [1.165, 1.54) is 0 Å². The van der Waals surface area contributed by atoms with Crippen LogP contribution in [0.3, 0.4) is 0 Å². The third kappa shape index (κ3) is 1.94. The molecule has 0 atom stereocenters. The fraction of sp³-hybridized carbons (Fsp3) is 0.625. The van der Waals surface area contributed by atoms with Gasteiger partial charge in [-0.2, -0.15) is 5.10 Å². The summed E-state index contributed by atoms with van der Waals surface area (Å²) in [5, 5.41) is 4.04. The van der Waals surface area contributed by atoms with Gasteiger partial charge in [0.15, 0.2) is 0 Å². The Kier molecular flexibility index (Phi) is 2.64. The number of aryl methyl sites for hydroxylation is 1. The molecule has 1 fully saturated rings. The van der Waals surface area contributed by atoms with Gasteiger partial charge in [0.1, 0.15) is 0 Å². The normalized spacial score (nSPS) is 19.1. The molecule has 0 aliphatic heterocycles. The van der Waals surface area contributed by atoms with Crippen molar-refractivity contribution in [3.8, 4) is 0 Å². The molecular formula is C8H10BrClN2O2S. The first-order valence-corrected chi connectivity index (χ1v) is 7.56. The van der Waals surface area contributed by atoms with Gasteiger partial charge >= 0.3 is 0 Å². The molecule has 1 aliphatic carbocycles. The summed E-state index contributed by atoms with van der Waals surface area (Å²) in [7, 11) is 3.73. The predicted octanol–water partition coefficient (Wildman–Crippen LogP) is 1.83. The maximum absolute atomic E-state index is 11.4. The van der Waals surface area contributed by atoms with E-state index < -0.39 is 13.8 Å². The van der Waals surface area contributed by atoms with Crippen molar-refractivity contribution >= 4 is 35.7 Å². The molecule has 4 nitrogen and oxygen atoms in total. The monoisotopic (exact) mass is 312 g/mol. The minimum Gasteiger partial charge on any atom is -0.271 e. The Morgan fingerprint density at radius 3 is 2.60 bits per heavy atom. The van der Waals surface area contributed by atoms with Crippen LogP contribution in [0.4, 0.5) is 0 Å². The molecule has 0 N–H and O–H groups in total. The predicted molar refractivity (Wildman–Crippen MR) is 61.3 cm³/mol. The van der Waals surface area contributed by atoms with Crippen molar-refractivity contribution in [2.24, 2.45) is 7.05 Å². The van der Waals surface area contributed by atoms with E-state index in [-0.39, 0.29) is 0 Å². The highest BCUT2D eigenvalue weighted by molar-refractivity contribution is 9.10. The van der Waals surface area contributed by atoms with Crippen LogP contribution in [0.2, 0.25) is 0 Å². The van der Waals surface area contributed by atoms with Gasteiger partial charge in [0.2, 0.25) is 9.05 Å². The Morgan fingerprint density at radius 2 is 2.27 bits per heavy atom. The number of aromatic nitrogens is 2. The quantitative estimate of drug-likeness (QED) is 0.800. The zero-order chi connectivity index (χ0) is 11.3. The van der Waals surface area contributed by atoms with E-state index in [0.29, 0.717) is 19.3 Å². The van der Waals surface area contributed by atoms with E-state index in [0.717, 1.165) is 10.2 Å². The SMILES string of the molecule is Cn1ncc(Br)c1CC1(S(=O)(=O)Cl)CC1. The van der Waals surface area contributed by atoms with Gasteiger partial charge in [-0.05, 0) is 28.8 Å². The number of rotatable bonds is 3. The van der Waals surface area contributed by atoms with Gasteiger partial charge in [-0.15, -0.1) is 0 Å². The topological polar surface area (TPSA) is 52.0 Å². The summed E-state index contributed by atoms with van der Waals surface area (Å²) in [4.78, 5) is 0. The van der Waals surface area contributed by atoms with Crippen molar-refractivity contribution in [1.82, 2.24) is 9.78 Å². The highest BCUT2D eigenvalue weighted by atomic mass is 79.9. The van der Waals surface area contributed by atoms with E-state index in [9.17, 15) is 8.42 Å². The molecule has 0 saturated heterocycles. The Labute approximate surface area is 101 Å². The Bertz CT molecular complexity index is 473. The van der Waals surface area contributed by atoms with Gasteiger partial charge in [-0.3, -0.25) is 4.68 Å². The molecular weight excluding hydrogens is 304 g/mol. The second-order valence-corrected chi connectivity index (χ2v) is 7.68. The lowest BCUT2D eigenvalue weighted by Gasteiger charge is -2.11. The molecule has 1 aromatic rings. The molecule has 0 aromatic carbocycles. The lowest BCUT2D eigenvalue weighted by atomic mass is 10.2. The Hall–Kier alpha value is -0.0700. The summed E-state index contributed by atoms with van der Waals surface area (Å²) >= 11 is 3.34. The maximum Gasteiger partial charge on any atom is 0.238 e. The average Bonchev–Trinajstić information content (AvgIpc) is 2.83. The van der Waals surface area contributed by atoms with Gasteiger partial charge in [-0.25, -0.2) is 8.42 Å². The van der Waals surface area contributed by atoms with Crippen LogP contribution in [0, 0.1) is 0 Å². The van der Waals surface area contributed by atoms with Crippen molar-refractivity contribution in [2.75, 3.05) is 0 Å². The van der Waals surface area contributed by atoms with Crippen LogP contribution in [-0.2, 0) is 22.5 Å². The number of hydrogen-bond donors (Lipinski definition) is 0. The van der Waals surface area contributed by atoms with Crippen LogP contribution in [0.15, 0.2) is 10.7 Å². The van der Waals surface area contributed by atoms with Gasteiger partial charge < -0.3 is 0 Å². The minimum absolute atomic E-state index is 0.427. The molecule has 1 heterocycles. The molecule has 0 unspecified atom stereocenters. The molecule has 1 aliphatic rings. The van der Waals surface area contributed by atoms with Crippen molar-refractivity contribution in [1.29, 1.82) is 0 Å². The summed E-state index contributed by atoms with van der Waals surface area (Å²) in [6, 6.07) is 0. The fourth-order valence-electron chi connectivity index (χ4n) is 1.59. The summed E-state index contributed by atoms with van der Waals surface area (Å²) in [5.41, 5.74) is 0.872. The molecule has 1 aromatic heterocycles. The maximum atomic E-state index is 11.4. The van der Waals surface area contributed by atoms with Gasteiger partial charge in [-0.1, -0.05) is 0 Å². The van der Waals surface area contributed by atoms with E-state index in [1.54, 1.807) is 17.9 Å². The first-order chi connectivity index (χ1) is 6.86. The van der Waals surface area contributed by atoms with E-state index in [4.69, 9.17) is 10.7 Å². The van der Waals surface area contributed by atoms with E-state index in [2.05, 4.69) is 21.0 Å². The first kappa shape index (κ1) is 11.4. The Morgan fingerprint density at radius 1 is 1.67 bits per heavy atom.